The van der Waals surface area contributed by atoms with Gasteiger partial charge in [0, 0.05) is 57.3 Å². The Labute approximate surface area is 204 Å². The van der Waals surface area contributed by atoms with Gasteiger partial charge in [-0.1, -0.05) is 23.7 Å². The van der Waals surface area contributed by atoms with E-state index >= 15 is 0 Å². The monoisotopic (exact) mass is 531 g/mol. The molecule has 0 saturated carbocycles. The third kappa shape index (κ3) is 5.70. The van der Waals surface area contributed by atoms with Gasteiger partial charge in [-0.05, 0) is 40.2 Å². The summed E-state index contributed by atoms with van der Waals surface area (Å²) in [5.41, 5.74) is 1.75. The Bertz CT molecular complexity index is 1120. The number of hydrogen-bond acceptors (Lipinski definition) is 6. The van der Waals surface area contributed by atoms with Gasteiger partial charge in [0.15, 0.2) is 5.82 Å². The first-order chi connectivity index (χ1) is 16.0. The molecule has 11 heteroatoms. The van der Waals surface area contributed by atoms with Crippen LogP contribution in [0.3, 0.4) is 0 Å². The van der Waals surface area contributed by atoms with E-state index in [1.165, 1.54) is 5.69 Å². The first kappa shape index (κ1) is 23.2. The maximum Gasteiger partial charge on any atom is 0.270 e. The molecule has 172 valence electrons. The van der Waals surface area contributed by atoms with Crippen molar-refractivity contribution in [2.45, 2.75) is 0 Å². The van der Waals surface area contributed by atoms with Crippen LogP contribution in [0, 0.1) is 0 Å². The van der Waals surface area contributed by atoms with Gasteiger partial charge in [-0.3, -0.25) is 24.6 Å². The second-order valence-corrected chi connectivity index (χ2v) is 8.69. The molecule has 1 aliphatic rings. The van der Waals surface area contributed by atoms with Crippen molar-refractivity contribution >= 4 is 50.9 Å². The molecule has 4 rings (SSSR count). The number of nitrogens with zero attached hydrogens (tertiary/aromatic N) is 4. The molecular formula is C22H23BrClN7O2. The van der Waals surface area contributed by atoms with E-state index in [0.717, 1.165) is 32.7 Å². The van der Waals surface area contributed by atoms with Crippen molar-refractivity contribution in [2.24, 2.45) is 0 Å². The van der Waals surface area contributed by atoms with Gasteiger partial charge < -0.3 is 15.5 Å². The lowest BCUT2D eigenvalue weighted by Crippen LogP contribution is -2.48. The van der Waals surface area contributed by atoms with Gasteiger partial charge in [0.25, 0.3) is 11.8 Å². The van der Waals surface area contributed by atoms with E-state index in [4.69, 9.17) is 11.6 Å². The highest BCUT2D eigenvalue weighted by molar-refractivity contribution is 9.10. The third-order valence-electron chi connectivity index (χ3n) is 5.40. The number of benzene rings is 1. The number of H-pyrrole nitrogens is 1. The average molecular weight is 533 g/mol. The van der Waals surface area contributed by atoms with Crippen molar-refractivity contribution in [1.82, 2.24) is 25.4 Å². The molecule has 3 N–H and O–H groups in total. The highest BCUT2D eigenvalue weighted by Gasteiger charge is 2.21. The first-order valence-corrected chi connectivity index (χ1v) is 11.7. The van der Waals surface area contributed by atoms with Crippen LogP contribution in [-0.2, 0) is 0 Å². The molecule has 0 radical (unpaired) electrons. The number of hydrogen-bond donors (Lipinski definition) is 3. The standard InChI is InChI=1S/C22H23BrClN7O2/c23-18-19(28-29-20(18)27-21(32)16-3-1-2-4-17(16)24)22(33)26-9-10-30-11-13-31(14-12-30)15-5-7-25-8-6-15/h1-8H,9-14H2,(H,26,33)(H2,27,28,29,32). The fraction of sp³-hybridized carbons (Fsp3) is 0.273. The van der Waals surface area contributed by atoms with Crippen LogP contribution in [0.1, 0.15) is 20.8 Å². The van der Waals surface area contributed by atoms with Crippen molar-refractivity contribution in [3.63, 3.8) is 0 Å². The van der Waals surface area contributed by atoms with Crippen LogP contribution in [0.2, 0.25) is 5.02 Å². The molecule has 1 saturated heterocycles. The molecule has 0 bridgehead atoms. The number of piperazine rings is 1. The SMILES string of the molecule is O=C(Nc1n[nH]c(C(=O)NCCN2CCN(c3ccncc3)CC2)c1Br)c1ccccc1Cl. The molecular weight excluding hydrogens is 510 g/mol. The maximum atomic E-state index is 12.6. The zero-order valence-corrected chi connectivity index (χ0v) is 20.1. The number of amides is 2. The number of halogens is 2. The summed E-state index contributed by atoms with van der Waals surface area (Å²) in [6.07, 6.45) is 3.61. The fourth-order valence-corrected chi connectivity index (χ4v) is 4.26. The van der Waals surface area contributed by atoms with E-state index in [2.05, 4.69) is 51.5 Å². The predicted octanol–water partition coefficient (Wildman–Crippen LogP) is 3.02. The van der Waals surface area contributed by atoms with Crippen LogP contribution in [-0.4, -0.2) is 71.2 Å². The number of nitrogens with one attached hydrogen (secondary N) is 3. The van der Waals surface area contributed by atoms with Crippen LogP contribution >= 0.6 is 27.5 Å². The number of carbonyl (C=O) groups excluding carboxylic acids is 2. The zero-order valence-electron chi connectivity index (χ0n) is 17.7. The average Bonchev–Trinajstić information content (AvgIpc) is 3.20. The number of pyridine rings is 1. The molecule has 0 atom stereocenters. The van der Waals surface area contributed by atoms with Gasteiger partial charge in [0.05, 0.1) is 15.1 Å². The molecule has 1 aromatic carbocycles. The Hall–Kier alpha value is -2.95. The summed E-state index contributed by atoms with van der Waals surface area (Å²) in [6, 6.07) is 10.7. The van der Waals surface area contributed by atoms with Crippen molar-refractivity contribution < 1.29 is 9.59 Å². The normalized spacial score (nSPS) is 14.2. The summed E-state index contributed by atoms with van der Waals surface area (Å²) in [7, 11) is 0. The van der Waals surface area contributed by atoms with E-state index in [9.17, 15) is 9.59 Å². The lowest BCUT2D eigenvalue weighted by molar-refractivity contribution is 0.0941. The Kier molecular flexibility index (Phi) is 7.58. The minimum atomic E-state index is -0.411. The highest BCUT2D eigenvalue weighted by Crippen LogP contribution is 2.25. The molecule has 2 aromatic heterocycles. The summed E-state index contributed by atoms with van der Waals surface area (Å²) >= 11 is 9.41. The largest absolute Gasteiger partial charge is 0.369 e. The van der Waals surface area contributed by atoms with Gasteiger partial charge in [-0.25, -0.2) is 0 Å². The summed E-state index contributed by atoms with van der Waals surface area (Å²) in [6.45, 7) is 4.95. The van der Waals surface area contributed by atoms with Crippen molar-refractivity contribution in [1.29, 1.82) is 0 Å². The highest BCUT2D eigenvalue weighted by atomic mass is 79.9. The Balaban J connectivity index is 1.25. The molecule has 33 heavy (non-hydrogen) atoms. The van der Waals surface area contributed by atoms with Crippen molar-refractivity contribution in [3.05, 3.63) is 69.5 Å². The molecule has 3 heterocycles. The number of anilines is 2. The molecule has 9 nitrogen and oxygen atoms in total. The third-order valence-corrected chi connectivity index (χ3v) is 6.50. The van der Waals surface area contributed by atoms with Gasteiger partial charge >= 0.3 is 0 Å². The molecule has 3 aromatic rings. The van der Waals surface area contributed by atoms with Gasteiger partial charge in [0.2, 0.25) is 0 Å². The number of aromatic amines is 1. The zero-order chi connectivity index (χ0) is 23.2. The fourth-order valence-electron chi connectivity index (χ4n) is 3.58. The van der Waals surface area contributed by atoms with E-state index in [-0.39, 0.29) is 17.4 Å². The Morgan fingerprint density at radius 2 is 1.79 bits per heavy atom. The van der Waals surface area contributed by atoms with Crippen LogP contribution in [0.25, 0.3) is 0 Å². The molecule has 0 unspecified atom stereocenters. The summed E-state index contributed by atoms with van der Waals surface area (Å²) < 4.78 is 0.381. The minimum Gasteiger partial charge on any atom is -0.369 e. The number of rotatable bonds is 7. The Morgan fingerprint density at radius 1 is 1.06 bits per heavy atom. The molecule has 0 aliphatic carbocycles. The van der Waals surface area contributed by atoms with E-state index < -0.39 is 5.91 Å². The number of aromatic nitrogens is 3. The second-order valence-electron chi connectivity index (χ2n) is 7.49. The van der Waals surface area contributed by atoms with Gasteiger partial charge in [-0.15, -0.1) is 0 Å². The smallest absolute Gasteiger partial charge is 0.270 e. The van der Waals surface area contributed by atoms with Crippen molar-refractivity contribution in [3.8, 4) is 0 Å². The lowest BCUT2D eigenvalue weighted by Gasteiger charge is -2.36. The van der Waals surface area contributed by atoms with Crippen molar-refractivity contribution in [2.75, 3.05) is 49.5 Å². The van der Waals surface area contributed by atoms with Gasteiger partial charge in [-0.2, -0.15) is 5.10 Å². The van der Waals surface area contributed by atoms with E-state index in [1.54, 1.807) is 36.7 Å². The quantitative estimate of drug-likeness (QED) is 0.432. The molecule has 1 aliphatic heterocycles. The van der Waals surface area contributed by atoms with Crippen LogP contribution in [0.5, 0.6) is 0 Å². The van der Waals surface area contributed by atoms with E-state index in [0.29, 0.717) is 21.6 Å². The van der Waals surface area contributed by atoms with Crippen LogP contribution < -0.4 is 15.5 Å². The first-order valence-electron chi connectivity index (χ1n) is 10.5. The predicted molar refractivity (Wildman–Crippen MR) is 131 cm³/mol. The van der Waals surface area contributed by atoms with Gasteiger partial charge in [0.1, 0.15) is 5.69 Å². The van der Waals surface area contributed by atoms with Crippen LogP contribution in [0.4, 0.5) is 11.5 Å². The minimum absolute atomic E-state index is 0.220. The van der Waals surface area contributed by atoms with E-state index in [1.807, 2.05) is 12.1 Å². The summed E-state index contributed by atoms with van der Waals surface area (Å²) in [5.74, 6) is -0.494. The second kappa shape index (κ2) is 10.8. The summed E-state index contributed by atoms with van der Waals surface area (Å²) in [5, 5.41) is 12.6. The van der Waals surface area contributed by atoms with Crippen LogP contribution in [0.15, 0.2) is 53.3 Å². The lowest BCUT2D eigenvalue weighted by atomic mass is 10.2. The molecule has 0 spiro atoms. The summed E-state index contributed by atoms with van der Waals surface area (Å²) in [4.78, 5) is 33.7. The molecule has 2 amide bonds. The maximum absolute atomic E-state index is 12.6. The topological polar surface area (TPSA) is 106 Å². The molecule has 1 fully saturated rings. The Morgan fingerprint density at radius 3 is 2.52 bits per heavy atom. The number of carbonyl (C=O) groups is 2.